The molecule has 0 unspecified atom stereocenters. The van der Waals surface area contributed by atoms with Crippen LogP contribution in [0.5, 0.6) is 0 Å². The second-order valence-electron chi connectivity index (χ2n) is 4.38. The monoisotopic (exact) mass is 291 g/mol. The highest BCUT2D eigenvalue weighted by Gasteiger charge is 2.35. The maximum absolute atomic E-state index is 13.2. The van der Waals surface area contributed by atoms with Gasteiger partial charge in [0.05, 0.1) is 16.8 Å². The minimum Gasteiger partial charge on any atom is -0.298 e. The highest BCUT2D eigenvalue weighted by atomic mass is 19.4. The summed E-state index contributed by atoms with van der Waals surface area (Å²) in [7, 11) is 0. The zero-order valence-corrected chi connectivity index (χ0v) is 10.5. The van der Waals surface area contributed by atoms with Gasteiger partial charge in [-0.05, 0) is 30.3 Å². The van der Waals surface area contributed by atoms with Crippen LogP contribution >= 0.6 is 0 Å². The molecule has 3 aromatic rings. The molecule has 0 fully saturated rings. The van der Waals surface area contributed by atoms with Crippen LogP contribution in [0.2, 0.25) is 0 Å². The summed E-state index contributed by atoms with van der Waals surface area (Å²) in [5.74, 6) is 0. The molecule has 3 rings (SSSR count). The summed E-state index contributed by atoms with van der Waals surface area (Å²) in [6.45, 7) is 0. The Kier molecular flexibility index (Phi) is 2.97. The van der Waals surface area contributed by atoms with Crippen molar-refractivity contribution < 1.29 is 18.0 Å². The molecule has 0 aliphatic carbocycles. The Morgan fingerprint density at radius 3 is 2.57 bits per heavy atom. The number of hydrogen-bond acceptors (Lipinski definition) is 3. The van der Waals surface area contributed by atoms with Crippen molar-refractivity contribution in [1.29, 1.82) is 0 Å². The van der Waals surface area contributed by atoms with E-state index in [2.05, 4.69) is 10.3 Å². The van der Waals surface area contributed by atoms with E-state index in [0.717, 1.165) is 10.7 Å². The van der Waals surface area contributed by atoms with Crippen molar-refractivity contribution in [1.82, 2.24) is 15.0 Å². The molecule has 0 spiro atoms. The normalized spacial score (nSPS) is 11.8. The number of benzene rings is 2. The van der Waals surface area contributed by atoms with E-state index in [1.165, 1.54) is 12.1 Å². The van der Waals surface area contributed by atoms with Gasteiger partial charge in [0.15, 0.2) is 0 Å². The lowest BCUT2D eigenvalue weighted by atomic mass is 10.1. The molecule has 1 aromatic heterocycles. The molecule has 106 valence electrons. The van der Waals surface area contributed by atoms with Crippen molar-refractivity contribution in [2.45, 2.75) is 6.18 Å². The Bertz CT molecular complexity index is 824. The zero-order valence-electron chi connectivity index (χ0n) is 10.5. The molecule has 7 heteroatoms. The van der Waals surface area contributed by atoms with Gasteiger partial charge in [-0.1, -0.05) is 17.3 Å². The Balaban J connectivity index is 2.29. The molecule has 1 heterocycles. The third-order valence-corrected chi connectivity index (χ3v) is 3.04. The fraction of sp³-hybridized carbons (Fsp3) is 0.0714. The summed E-state index contributed by atoms with van der Waals surface area (Å²) in [5, 5.41) is 7.61. The summed E-state index contributed by atoms with van der Waals surface area (Å²) < 4.78 is 40.7. The molecule has 2 aromatic carbocycles. The number of aromatic nitrogens is 3. The number of carbonyl (C=O) groups excluding carboxylic acids is 1. The Hall–Kier alpha value is -2.70. The van der Waals surface area contributed by atoms with Crippen LogP contribution in [0.3, 0.4) is 0 Å². The van der Waals surface area contributed by atoms with E-state index in [0.29, 0.717) is 17.3 Å². The van der Waals surface area contributed by atoms with Gasteiger partial charge in [-0.3, -0.25) is 4.79 Å². The topological polar surface area (TPSA) is 47.8 Å². The maximum atomic E-state index is 13.2. The minimum absolute atomic E-state index is 0.0458. The predicted molar refractivity (Wildman–Crippen MR) is 69.3 cm³/mol. The van der Waals surface area contributed by atoms with Crippen LogP contribution in [0.4, 0.5) is 13.2 Å². The quantitative estimate of drug-likeness (QED) is 0.681. The molecule has 0 atom stereocenters. The van der Waals surface area contributed by atoms with Crippen LogP contribution in [-0.4, -0.2) is 21.3 Å². The number of hydrogen-bond donors (Lipinski definition) is 0. The van der Waals surface area contributed by atoms with Gasteiger partial charge < -0.3 is 0 Å². The van der Waals surface area contributed by atoms with Gasteiger partial charge >= 0.3 is 6.18 Å². The van der Waals surface area contributed by atoms with Crippen LogP contribution in [0.15, 0.2) is 42.5 Å². The number of rotatable bonds is 2. The van der Waals surface area contributed by atoms with Crippen molar-refractivity contribution >= 4 is 17.3 Å². The Morgan fingerprint density at radius 2 is 1.86 bits per heavy atom. The second-order valence-corrected chi connectivity index (χ2v) is 4.38. The van der Waals surface area contributed by atoms with Crippen LogP contribution in [-0.2, 0) is 6.18 Å². The number of fused-ring (bicyclic) bond motifs is 1. The van der Waals surface area contributed by atoms with Crippen molar-refractivity contribution in [2.24, 2.45) is 0 Å². The molecule has 0 amide bonds. The molecule has 4 nitrogen and oxygen atoms in total. The second kappa shape index (κ2) is 4.69. The average molecular weight is 291 g/mol. The number of halogens is 3. The van der Waals surface area contributed by atoms with Crippen LogP contribution in [0.1, 0.15) is 15.9 Å². The van der Waals surface area contributed by atoms with Crippen molar-refractivity contribution in [2.75, 3.05) is 0 Å². The fourth-order valence-corrected chi connectivity index (χ4v) is 2.09. The molecular formula is C14H8F3N3O. The molecule has 21 heavy (non-hydrogen) atoms. The molecule has 0 bridgehead atoms. The van der Waals surface area contributed by atoms with Gasteiger partial charge in [0.1, 0.15) is 11.8 Å². The number of alkyl halides is 3. The summed E-state index contributed by atoms with van der Waals surface area (Å²) in [6.07, 6.45) is -4.22. The lowest BCUT2D eigenvalue weighted by molar-refractivity contribution is -0.137. The van der Waals surface area contributed by atoms with Gasteiger partial charge in [-0.25, -0.2) is 4.68 Å². The van der Waals surface area contributed by atoms with Gasteiger partial charge in [-0.2, -0.15) is 13.2 Å². The van der Waals surface area contributed by atoms with Crippen molar-refractivity contribution in [3.8, 4) is 5.69 Å². The largest absolute Gasteiger partial charge is 0.418 e. The van der Waals surface area contributed by atoms with E-state index in [-0.39, 0.29) is 11.3 Å². The molecule has 0 radical (unpaired) electrons. The molecule has 0 N–H and O–H groups in total. The SMILES string of the molecule is O=Cc1ccc(-n2nnc3ccccc32)c(C(F)(F)F)c1. The Morgan fingerprint density at radius 1 is 1.10 bits per heavy atom. The summed E-state index contributed by atoms with van der Waals surface area (Å²) >= 11 is 0. The standard InChI is InChI=1S/C14H8F3N3O/c15-14(16,17)10-7-9(8-21)5-6-12(10)20-13-4-2-1-3-11(13)18-19-20/h1-8H. The van der Waals surface area contributed by atoms with Gasteiger partial charge in [0.25, 0.3) is 0 Å². The Labute approximate surface area is 116 Å². The van der Waals surface area contributed by atoms with E-state index in [4.69, 9.17) is 0 Å². The van der Waals surface area contributed by atoms with Crippen molar-refractivity contribution in [3.63, 3.8) is 0 Å². The summed E-state index contributed by atoms with van der Waals surface area (Å²) in [5.41, 5.74) is -0.188. The molecule has 0 aliphatic rings. The van der Waals surface area contributed by atoms with E-state index < -0.39 is 11.7 Å². The van der Waals surface area contributed by atoms with E-state index >= 15 is 0 Å². The first-order valence-electron chi connectivity index (χ1n) is 5.98. The first kappa shape index (κ1) is 13.3. The van der Waals surface area contributed by atoms with E-state index in [9.17, 15) is 18.0 Å². The van der Waals surface area contributed by atoms with Crippen LogP contribution in [0.25, 0.3) is 16.7 Å². The number of carbonyl (C=O) groups is 1. The predicted octanol–water partition coefficient (Wildman–Crippen LogP) is 3.25. The highest BCUT2D eigenvalue weighted by Crippen LogP contribution is 2.35. The molecular weight excluding hydrogens is 283 g/mol. The van der Waals surface area contributed by atoms with Gasteiger partial charge in [0, 0.05) is 5.56 Å². The lowest BCUT2D eigenvalue weighted by Gasteiger charge is -2.13. The first-order valence-corrected chi connectivity index (χ1v) is 5.98. The summed E-state index contributed by atoms with van der Waals surface area (Å²) in [4.78, 5) is 10.7. The molecule has 0 aliphatic heterocycles. The number of nitrogens with zero attached hydrogens (tertiary/aromatic N) is 3. The van der Waals surface area contributed by atoms with E-state index in [1.54, 1.807) is 24.3 Å². The van der Waals surface area contributed by atoms with Crippen LogP contribution < -0.4 is 0 Å². The van der Waals surface area contributed by atoms with E-state index in [1.807, 2.05) is 0 Å². The van der Waals surface area contributed by atoms with Crippen LogP contribution in [0, 0.1) is 0 Å². The third-order valence-electron chi connectivity index (χ3n) is 3.04. The number of aldehydes is 1. The zero-order chi connectivity index (χ0) is 15.0. The molecule has 0 saturated carbocycles. The van der Waals surface area contributed by atoms with Gasteiger partial charge in [-0.15, -0.1) is 5.10 Å². The highest BCUT2D eigenvalue weighted by molar-refractivity contribution is 5.78. The van der Waals surface area contributed by atoms with Gasteiger partial charge in [0.2, 0.25) is 0 Å². The average Bonchev–Trinajstić information content (AvgIpc) is 2.89. The maximum Gasteiger partial charge on any atom is 0.418 e. The number of para-hydroxylation sites is 1. The summed E-state index contributed by atoms with van der Waals surface area (Å²) in [6, 6.07) is 10.0. The fourth-order valence-electron chi connectivity index (χ4n) is 2.09. The minimum atomic E-state index is -4.60. The first-order chi connectivity index (χ1) is 10.0. The lowest BCUT2D eigenvalue weighted by Crippen LogP contribution is -2.12. The molecule has 0 saturated heterocycles. The van der Waals surface area contributed by atoms with Crippen molar-refractivity contribution in [3.05, 3.63) is 53.6 Å². The smallest absolute Gasteiger partial charge is 0.298 e. The third kappa shape index (κ3) is 2.26.